The summed E-state index contributed by atoms with van der Waals surface area (Å²) in [5.41, 5.74) is 1.46. The quantitative estimate of drug-likeness (QED) is 0.453. The van der Waals surface area contributed by atoms with Crippen LogP contribution in [0.5, 0.6) is 0 Å². The number of carbonyl (C=O) groups excluding carboxylic acids is 1. The zero-order valence-corrected chi connectivity index (χ0v) is 9.34. The number of carbonyl (C=O) groups is 1. The Morgan fingerprint density at radius 3 is 2.38 bits per heavy atom. The Kier molecular flexibility index (Phi) is 6.56. The van der Waals surface area contributed by atoms with Crippen molar-refractivity contribution in [3.05, 3.63) is 11.6 Å². The average molecular weight is 182 g/mol. The third-order valence-corrected chi connectivity index (χ3v) is 2.54. The summed E-state index contributed by atoms with van der Waals surface area (Å²) in [7, 11) is 0. The van der Waals surface area contributed by atoms with E-state index in [1.807, 2.05) is 0 Å². The predicted octanol–water partition coefficient (Wildman–Crippen LogP) is 3.59. The van der Waals surface area contributed by atoms with Crippen LogP contribution in [0.15, 0.2) is 11.6 Å². The highest BCUT2D eigenvalue weighted by atomic mass is 16.1. The van der Waals surface area contributed by atoms with Crippen LogP contribution < -0.4 is 0 Å². The van der Waals surface area contributed by atoms with E-state index in [-0.39, 0.29) is 0 Å². The lowest BCUT2D eigenvalue weighted by atomic mass is 9.99. The summed E-state index contributed by atoms with van der Waals surface area (Å²) in [6, 6.07) is 0. The van der Waals surface area contributed by atoms with Gasteiger partial charge in [-0.2, -0.15) is 0 Å². The summed E-state index contributed by atoms with van der Waals surface area (Å²) in [5.74, 6) is 1.19. The minimum absolute atomic E-state index is 0.536. The molecule has 0 saturated carbocycles. The van der Waals surface area contributed by atoms with Crippen molar-refractivity contribution >= 4 is 6.29 Å². The lowest BCUT2D eigenvalue weighted by Crippen LogP contribution is -1.95. The maximum atomic E-state index is 10.2. The topological polar surface area (TPSA) is 17.1 Å². The molecule has 0 aliphatic rings. The van der Waals surface area contributed by atoms with Gasteiger partial charge < -0.3 is 4.79 Å². The van der Waals surface area contributed by atoms with Gasteiger partial charge in [-0.15, -0.1) is 0 Å². The molecule has 0 radical (unpaired) electrons. The van der Waals surface area contributed by atoms with E-state index in [1.54, 1.807) is 0 Å². The molecule has 0 fully saturated rings. The molecule has 1 heteroatoms. The highest BCUT2D eigenvalue weighted by Crippen LogP contribution is 2.13. The standard InChI is InChI=1S/C12H22O/c1-10(2)12(4)7-5-6-11(3)8-9-13/h7,9-11H,5-6,8H2,1-4H3. The maximum absolute atomic E-state index is 10.2. The van der Waals surface area contributed by atoms with Crippen molar-refractivity contribution in [3.8, 4) is 0 Å². The SMILES string of the molecule is CC(=CCCC(C)CC=O)C(C)C. The van der Waals surface area contributed by atoms with Crippen LogP contribution in [0.25, 0.3) is 0 Å². The molecular formula is C12H22O. The van der Waals surface area contributed by atoms with Crippen LogP contribution in [0.3, 0.4) is 0 Å². The van der Waals surface area contributed by atoms with Crippen LogP contribution in [0, 0.1) is 11.8 Å². The number of aldehydes is 1. The molecule has 0 amide bonds. The number of hydrogen-bond donors (Lipinski definition) is 0. The summed E-state index contributed by atoms with van der Waals surface area (Å²) in [5, 5.41) is 0. The molecule has 0 aromatic heterocycles. The van der Waals surface area contributed by atoms with E-state index in [2.05, 4.69) is 33.8 Å². The Hall–Kier alpha value is -0.590. The van der Waals surface area contributed by atoms with Crippen molar-refractivity contribution in [2.45, 2.75) is 47.0 Å². The van der Waals surface area contributed by atoms with Crippen LogP contribution in [-0.2, 0) is 4.79 Å². The van der Waals surface area contributed by atoms with E-state index < -0.39 is 0 Å². The van der Waals surface area contributed by atoms with E-state index in [0.717, 1.165) is 19.1 Å². The molecule has 0 N–H and O–H groups in total. The minimum Gasteiger partial charge on any atom is -0.303 e. The van der Waals surface area contributed by atoms with Crippen LogP contribution in [0.1, 0.15) is 47.0 Å². The van der Waals surface area contributed by atoms with Gasteiger partial charge in [0.05, 0.1) is 0 Å². The fraction of sp³-hybridized carbons (Fsp3) is 0.750. The molecule has 0 aromatic carbocycles. The van der Waals surface area contributed by atoms with Crippen LogP contribution in [-0.4, -0.2) is 6.29 Å². The molecule has 0 saturated heterocycles. The van der Waals surface area contributed by atoms with E-state index >= 15 is 0 Å². The van der Waals surface area contributed by atoms with Gasteiger partial charge in [-0.25, -0.2) is 0 Å². The second-order valence-corrected chi connectivity index (χ2v) is 4.19. The summed E-state index contributed by atoms with van der Waals surface area (Å²) < 4.78 is 0. The molecule has 0 aliphatic carbocycles. The van der Waals surface area contributed by atoms with Gasteiger partial charge in [-0.1, -0.05) is 32.4 Å². The Morgan fingerprint density at radius 1 is 1.31 bits per heavy atom. The Morgan fingerprint density at radius 2 is 1.92 bits per heavy atom. The number of rotatable bonds is 6. The first-order chi connectivity index (χ1) is 6.07. The Bertz CT molecular complexity index is 168. The molecule has 1 unspecified atom stereocenters. The Balaban J connectivity index is 3.65. The molecule has 1 atom stereocenters. The van der Waals surface area contributed by atoms with E-state index in [0.29, 0.717) is 18.3 Å². The van der Waals surface area contributed by atoms with Gasteiger partial charge >= 0.3 is 0 Å². The summed E-state index contributed by atoms with van der Waals surface area (Å²) >= 11 is 0. The Labute approximate surface area is 82.2 Å². The highest BCUT2D eigenvalue weighted by molar-refractivity contribution is 5.49. The van der Waals surface area contributed by atoms with E-state index in [4.69, 9.17) is 0 Å². The number of hydrogen-bond acceptors (Lipinski definition) is 1. The van der Waals surface area contributed by atoms with Gasteiger partial charge in [0.1, 0.15) is 6.29 Å². The third-order valence-electron chi connectivity index (χ3n) is 2.54. The van der Waals surface area contributed by atoms with E-state index in [1.165, 1.54) is 5.57 Å². The predicted molar refractivity (Wildman–Crippen MR) is 57.7 cm³/mol. The van der Waals surface area contributed by atoms with Gasteiger partial charge in [0, 0.05) is 6.42 Å². The molecule has 0 bridgehead atoms. The average Bonchev–Trinajstić information content (AvgIpc) is 2.04. The zero-order chi connectivity index (χ0) is 10.3. The van der Waals surface area contributed by atoms with Crippen molar-refractivity contribution in [3.63, 3.8) is 0 Å². The number of allylic oxidation sites excluding steroid dienone is 2. The second kappa shape index (κ2) is 6.88. The molecule has 13 heavy (non-hydrogen) atoms. The lowest BCUT2D eigenvalue weighted by molar-refractivity contribution is -0.108. The third kappa shape index (κ3) is 6.56. The smallest absolute Gasteiger partial charge is 0.120 e. The van der Waals surface area contributed by atoms with Crippen LogP contribution in [0.2, 0.25) is 0 Å². The first-order valence-corrected chi connectivity index (χ1v) is 5.18. The van der Waals surface area contributed by atoms with Crippen molar-refractivity contribution in [2.75, 3.05) is 0 Å². The molecule has 0 aliphatic heterocycles. The van der Waals surface area contributed by atoms with Gasteiger partial charge in [0.2, 0.25) is 0 Å². The molecule has 0 rings (SSSR count). The second-order valence-electron chi connectivity index (χ2n) is 4.19. The monoisotopic (exact) mass is 182 g/mol. The fourth-order valence-electron chi connectivity index (χ4n) is 1.11. The summed E-state index contributed by atoms with van der Waals surface area (Å²) in [6.07, 6.45) is 6.26. The first kappa shape index (κ1) is 12.4. The molecule has 0 heterocycles. The van der Waals surface area contributed by atoms with Crippen molar-refractivity contribution in [2.24, 2.45) is 11.8 Å². The molecule has 0 spiro atoms. The zero-order valence-electron chi connectivity index (χ0n) is 9.34. The molecular weight excluding hydrogens is 160 g/mol. The maximum Gasteiger partial charge on any atom is 0.120 e. The van der Waals surface area contributed by atoms with Crippen LogP contribution >= 0.6 is 0 Å². The van der Waals surface area contributed by atoms with Gasteiger partial charge in [0.15, 0.2) is 0 Å². The van der Waals surface area contributed by atoms with E-state index in [9.17, 15) is 4.79 Å². The van der Waals surface area contributed by atoms with Gasteiger partial charge in [-0.05, 0) is 31.6 Å². The van der Waals surface area contributed by atoms with Crippen molar-refractivity contribution in [1.29, 1.82) is 0 Å². The molecule has 1 nitrogen and oxygen atoms in total. The summed E-state index contributed by atoms with van der Waals surface area (Å²) in [6.45, 7) is 8.73. The molecule has 0 aromatic rings. The van der Waals surface area contributed by atoms with Crippen molar-refractivity contribution in [1.82, 2.24) is 0 Å². The van der Waals surface area contributed by atoms with Gasteiger partial charge in [-0.3, -0.25) is 0 Å². The summed E-state index contributed by atoms with van der Waals surface area (Å²) in [4.78, 5) is 10.2. The van der Waals surface area contributed by atoms with Crippen molar-refractivity contribution < 1.29 is 4.79 Å². The lowest BCUT2D eigenvalue weighted by Gasteiger charge is -2.07. The van der Waals surface area contributed by atoms with Crippen LogP contribution in [0.4, 0.5) is 0 Å². The first-order valence-electron chi connectivity index (χ1n) is 5.18. The normalized spacial score (nSPS) is 14.7. The fourth-order valence-corrected chi connectivity index (χ4v) is 1.11. The van der Waals surface area contributed by atoms with Gasteiger partial charge in [0.25, 0.3) is 0 Å². The minimum atomic E-state index is 0.536. The largest absolute Gasteiger partial charge is 0.303 e. The highest BCUT2D eigenvalue weighted by Gasteiger charge is 2.00. The molecule has 76 valence electrons.